The summed E-state index contributed by atoms with van der Waals surface area (Å²) in [6.45, 7) is 4.14. The molecule has 0 aliphatic carbocycles. The minimum atomic E-state index is 0.191. The Balaban J connectivity index is 2.03. The number of fused-ring (bicyclic) bond motifs is 1. The van der Waals surface area contributed by atoms with Gasteiger partial charge < -0.3 is 10.7 Å². The van der Waals surface area contributed by atoms with E-state index in [0.717, 1.165) is 42.4 Å². The summed E-state index contributed by atoms with van der Waals surface area (Å²) in [4.78, 5) is 14.3. The lowest BCUT2D eigenvalue weighted by Gasteiger charge is -2.28. The van der Waals surface area contributed by atoms with Gasteiger partial charge in [-0.2, -0.15) is 0 Å². The van der Waals surface area contributed by atoms with Crippen molar-refractivity contribution in [3.05, 3.63) is 35.5 Å². The highest BCUT2D eigenvalue weighted by Crippen LogP contribution is 2.34. The molecular formula is C17H23N3O. The number of carbonyl (C=O) groups is 1. The zero-order valence-electron chi connectivity index (χ0n) is 12.8. The van der Waals surface area contributed by atoms with E-state index in [-0.39, 0.29) is 5.78 Å². The number of benzene rings is 1. The maximum Gasteiger partial charge on any atom is 0.162 e. The molecule has 2 N–H and O–H groups in total. The topological polar surface area (TPSA) is 51.3 Å². The van der Waals surface area contributed by atoms with Crippen molar-refractivity contribution in [1.29, 1.82) is 0 Å². The Bertz CT molecular complexity index is 666. The molecule has 3 rings (SSSR count). The van der Waals surface area contributed by atoms with Crippen molar-refractivity contribution in [3.63, 3.8) is 0 Å². The average Bonchev–Trinajstić information content (AvgIpc) is 2.84. The fraction of sp³-hybridized carbons (Fsp3) is 0.471. The van der Waals surface area contributed by atoms with Gasteiger partial charge in [0.05, 0.1) is 5.52 Å². The number of Topliss-reactive ketones (excluding diaryl/α,β-unsaturated/α-hetero) is 1. The molecule has 0 unspecified atom stereocenters. The summed E-state index contributed by atoms with van der Waals surface area (Å²) in [5, 5.41) is 1.14. The van der Waals surface area contributed by atoms with E-state index in [1.165, 1.54) is 5.56 Å². The van der Waals surface area contributed by atoms with Gasteiger partial charge in [-0.25, -0.2) is 0 Å². The number of piperidine rings is 1. The number of nitrogens with two attached hydrogens (primary N) is 1. The maximum absolute atomic E-state index is 11.9. The molecule has 1 fully saturated rings. The zero-order valence-corrected chi connectivity index (χ0v) is 12.8. The molecule has 0 radical (unpaired) electrons. The van der Waals surface area contributed by atoms with Gasteiger partial charge in [0.2, 0.25) is 0 Å². The largest absolute Gasteiger partial charge is 0.339 e. The van der Waals surface area contributed by atoms with Crippen LogP contribution in [0.5, 0.6) is 0 Å². The zero-order chi connectivity index (χ0) is 15.0. The number of nitrogen functional groups attached to an aromatic ring is 1. The van der Waals surface area contributed by atoms with E-state index in [9.17, 15) is 4.79 Å². The molecule has 4 heteroatoms. The summed E-state index contributed by atoms with van der Waals surface area (Å²) < 4.78 is 1.70. The van der Waals surface area contributed by atoms with E-state index in [0.29, 0.717) is 12.3 Å². The average molecular weight is 285 g/mol. The van der Waals surface area contributed by atoms with Crippen molar-refractivity contribution in [3.8, 4) is 0 Å². The van der Waals surface area contributed by atoms with Gasteiger partial charge in [0.15, 0.2) is 5.78 Å². The second-order valence-electron chi connectivity index (χ2n) is 6.08. The van der Waals surface area contributed by atoms with Crippen LogP contribution in [0.1, 0.15) is 48.0 Å². The van der Waals surface area contributed by atoms with Gasteiger partial charge in [-0.15, -0.1) is 0 Å². The van der Waals surface area contributed by atoms with Gasteiger partial charge in [0.25, 0.3) is 0 Å². The Morgan fingerprint density at radius 2 is 2.05 bits per heavy atom. The SMILES string of the molecule is CCC(=O)c1ccc2c(c1)c(C1CCN(C)CC1)cn2N. The van der Waals surface area contributed by atoms with Gasteiger partial charge in [0.1, 0.15) is 0 Å². The van der Waals surface area contributed by atoms with Gasteiger partial charge in [-0.1, -0.05) is 6.92 Å². The quantitative estimate of drug-likeness (QED) is 0.697. The Morgan fingerprint density at radius 1 is 1.33 bits per heavy atom. The van der Waals surface area contributed by atoms with Crippen molar-refractivity contribution in [1.82, 2.24) is 9.58 Å². The number of rotatable bonds is 3. The molecule has 2 aromatic rings. The summed E-state index contributed by atoms with van der Waals surface area (Å²) in [5.41, 5.74) is 3.10. The fourth-order valence-corrected chi connectivity index (χ4v) is 3.30. The molecule has 1 aromatic heterocycles. The molecule has 1 aliphatic heterocycles. The fourth-order valence-electron chi connectivity index (χ4n) is 3.30. The van der Waals surface area contributed by atoms with E-state index in [2.05, 4.69) is 11.9 Å². The van der Waals surface area contributed by atoms with Crippen molar-refractivity contribution in [2.75, 3.05) is 26.0 Å². The smallest absolute Gasteiger partial charge is 0.162 e. The van der Waals surface area contributed by atoms with Crippen LogP contribution in [0.15, 0.2) is 24.4 Å². The van der Waals surface area contributed by atoms with E-state index >= 15 is 0 Å². The second kappa shape index (κ2) is 5.53. The van der Waals surface area contributed by atoms with Crippen LogP contribution in [-0.2, 0) is 0 Å². The highest BCUT2D eigenvalue weighted by molar-refractivity contribution is 6.00. The molecule has 0 atom stereocenters. The summed E-state index contributed by atoms with van der Waals surface area (Å²) in [5.74, 6) is 6.82. The molecule has 1 saturated heterocycles. The van der Waals surface area contributed by atoms with Crippen LogP contribution in [-0.4, -0.2) is 35.5 Å². The van der Waals surface area contributed by atoms with Crippen LogP contribution >= 0.6 is 0 Å². The normalized spacial score (nSPS) is 17.4. The Hall–Kier alpha value is -1.81. The van der Waals surface area contributed by atoms with E-state index < -0.39 is 0 Å². The standard InChI is InChI=1S/C17H23N3O/c1-3-17(21)13-4-5-16-14(10-13)15(11-20(16)18)12-6-8-19(2)9-7-12/h4-5,10-12H,3,6-9,18H2,1-2H3. The molecule has 0 saturated carbocycles. The Labute approximate surface area is 125 Å². The number of ketones is 1. The first-order valence-corrected chi connectivity index (χ1v) is 7.72. The van der Waals surface area contributed by atoms with Gasteiger partial charge >= 0.3 is 0 Å². The highest BCUT2D eigenvalue weighted by Gasteiger charge is 2.22. The Morgan fingerprint density at radius 3 is 2.71 bits per heavy atom. The number of hydrogen-bond donors (Lipinski definition) is 1. The number of aromatic nitrogens is 1. The van der Waals surface area contributed by atoms with Crippen LogP contribution in [0.4, 0.5) is 0 Å². The lowest BCUT2D eigenvalue weighted by atomic mass is 9.89. The van der Waals surface area contributed by atoms with Crippen LogP contribution in [0.3, 0.4) is 0 Å². The Kier molecular flexibility index (Phi) is 3.72. The lowest BCUT2D eigenvalue weighted by molar-refractivity contribution is 0.0988. The molecule has 4 nitrogen and oxygen atoms in total. The highest BCUT2D eigenvalue weighted by atomic mass is 16.1. The van der Waals surface area contributed by atoms with Gasteiger partial charge in [0, 0.05) is 23.6 Å². The molecule has 112 valence electrons. The summed E-state index contributed by atoms with van der Waals surface area (Å²) in [6.07, 6.45) is 4.89. The first-order valence-electron chi connectivity index (χ1n) is 7.72. The molecule has 1 aromatic carbocycles. The molecule has 21 heavy (non-hydrogen) atoms. The van der Waals surface area contributed by atoms with Crippen molar-refractivity contribution in [2.45, 2.75) is 32.1 Å². The molecule has 0 bridgehead atoms. The molecule has 0 amide bonds. The first-order chi connectivity index (χ1) is 10.1. The molecule has 2 heterocycles. The number of hydrogen-bond acceptors (Lipinski definition) is 3. The van der Waals surface area contributed by atoms with E-state index in [4.69, 9.17) is 5.84 Å². The maximum atomic E-state index is 11.9. The molecular weight excluding hydrogens is 262 g/mol. The molecule has 0 spiro atoms. The lowest BCUT2D eigenvalue weighted by Crippen LogP contribution is -2.29. The minimum Gasteiger partial charge on any atom is -0.339 e. The summed E-state index contributed by atoms with van der Waals surface area (Å²) in [7, 11) is 2.17. The van der Waals surface area contributed by atoms with Gasteiger partial charge in [-0.05, 0) is 62.7 Å². The number of carbonyl (C=O) groups excluding carboxylic acids is 1. The third-order valence-corrected chi connectivity index (χ3v) is 4.67. The first kappa shape index (κ1) is 14.1. The van der Waals surface area contributed by atoms with E-state index in [1.807, 2.05) is 31.3 Å². The third-order valence-electron chi connectivity index (χ3n) is 4.67. The van der Waals surface area contributed by atoms with Crippen LogP contribution in [0.25, 0.3) is 10.9 Å². The van der Waals surface area contributed by atoms with Crippen LogP contribution in [0, 0.1) is 0 Å². The van der Waals surface area contributed by atoms with Crippen molar-refractivity contribution >= 4 is 16.7 Å². The predicted molar refractivity (Wildman–Crippen MR) is 86.2 cm³/mol. The number of nitrogens with zero attached hydrogens (tertiary/aromatic N) is 2. The molecule has 1 aliphatic rings. The van der Waals surface area contributed by atoms with Gasteiger partial charge in [-0.3, -0.25) is 9.47 Å². The predicted octanol–water partition coefficient (Wildman–Crippen LogP) is 2.76. The van der Waals surface area contributed by atoms with Crippen LogP contribution in [0.2, 0.25) is 0 Å². The summed E-state index contributed by atoms with van der Waals surface area (Å²) >= 11 is 0. The number of likely N-dealkylation sites (tertiary alicyclic amines) is 1. The monoisotopic (exact) mass is 285 g/mol. The van der Waals surface area contributed by atoms with Crippen LogP contribution < -0.4 is 5.84 Å². The third kappa shape index (κ3) is 2.56. The van der Waals surface area contributed by atoms with E-state index in [1.54, 1.807) is 4.68 Å². The second-order valence-corrected chi connectivity index (χ2v) is 6.08. The minimum absolute atomic E-state index is 0.191. The van der Waals surface area contributed by atoms with Crippen molar-refractivity contribution < 1.29 is 4.79 Å². The summed E-state index contributed by atoms with van der Waals surface area (Å²) in [6, 6.07) is 5.88. The van der Waals surface area contributed by atoms with Crippen molar-refractivity contribution in [2.24, 2.45) is 0 Å².